The van der Waals surface area contributed by atoms with Gasteiger partial charge in [-0.1, -0.05) is 51.2 Å². The minimum Gasteiger partial charge on any atom is -0.494 e. The van der Waals surface area contributed by atoms with Crippen molar-refractivity contribution in [3.8, 4) is 5.75 Å². The van der Waals surface area contributed by atoms with Crippen LogP contribution in [-0.4, -0.2) is 19.7 Å². The van der Waals surface area contributed by atoms with Gasteiger partial charge in [0.25, 0.3) is 0 Å². The van der Waals surface area contributed by atoms with Crippen molar-refractivity contribution in [1.82, 2.24) is 0 Å². The molecule has 0 amide bonds. The summed E-state index contributed by atoms with van der Waals surface area (Å²) in [5.41, 5.74) is 1.23. The molecule has 3 nitrogen and oxygen atoms in total. The first-order chi connectivity index (χ1) is 10.8. The van der Waals surface area contributed by atoms with Gasteiger partial charge < -0.3 is 9.47 Å². The van der Waals surface area contributed by atoms with Gasteiger partial charge in [-0.3, -0.25) is 4.79 Å². The second kappa shape index (κ2) is 12.1. The van der Waals surface area contributed by atoms with Crippen molar-refractivity contribution >= 4 is 5.97 Å². The molecule has 0 heterocycles. The smallest absolute Gasteiger partial charge is 0.305 e. The summed E-state index contributed by atoms with van der Waals surface area (Å²) >= 11 is 0. The fourth-order valence-corrected chi connectivity index (χ4v) is 2.36. The second-order valence-electron chi connectivity index (χ2n) is 5.69. The molecule has 0 aromatic heterocycles. The Morgan fingerprint density at radius 2 is 1.64 bits per heavy atom. The Morgan fingerprint density at radius 1 is 0.955 bits per heavy atom. The van der Waals surface area contributed by atoms with Crippen molar-refractivity contribution in [2.45, 2.75) is 64.7 Å². The number of benzene rings is 1. The molecule has 1 aromatic carbocycles. The molecule has 0 radical (unpaired) electrons. The number of rotatable bonds is 12. The fourth-order valence-electron chi connectivity index (χ4n) is 2.36. The maximum atomic E-state index is 11.0. The zero-order valence-corrected chi connectivity index (χ0v) is 14.1. The number of carbonyl (C=O) groups is 1. The molecule has 0 saturated carbocycles. The predicted molar refractivity (Wildman–Crippen MR) is 90.3 cm³/mol. The Labute approximate surface area is 135 Å². The third-order valence-electron chi connectivity index (χ3n) is 3.76. The molecule has 1 rings (SSSR count). The first kappa shape index (κ1) is 18.5. The van der Waals surface area contributed by atoms with Crippen molar-refractivity contribution in [1.29, 1.82) is 0 Å². The Morgan fingerprint density at radius 3 is 2.32 bits per heavy atom. The van der Waals surface area contributed by atoms with E-state index < -0.39 is 0 Å². The van der Waals surface area contributed by atoms with Crippen molar-refractivity contribution in [3.63, 3.8) is 0 Å². The molecule has 22 heavy (non-hydrogen) atoms. The van der Waals surface area contributed by atoms with Crippen LogP contribution in [0.5, 0.6) is 5.75 Å². The van der Waals surface area contributed by atoms with E-state index in [1.807, 2.05) is 12.1 Å². The molecule has 0 fully saturated rings. The van der Waals surface area contributed by atoms with Gasteiger partial charge >= 0.3 is 5.97 Å². The maximum absolute atomic E-state index is 11.0. The zero-order valence-electron chi connectivity index (χ0n) is 14.1. The van der Waals surface area contributed by atoms with Crippen LogP contribution < -0.4 is 4.74 Å². The van der Waals surface area contributed by atoms with Gasteiger partial charge in [0, 0.05) is 6.42 Å². The van der Waals surface area contributed by atoms with Gasteiger partial charge in [0.05, 0.1) is 13.7 Å². The van der Waals surface area contributed by atoms with E-state index in [1.54, 1.807) is 0 Å². The summed E-state index contributed by atoms with van der Waals surface area (Å²) in [6, 6.07) is 8.19. The molecular weight excluding hydrogens is 276 g/mol. The quantitative estimate of drug-likeness (QED) is 0.406. The fraction of sp³-hybridized carbons (Fsp3) is 0.632. The zero-order chi connectivity index (χ0) is 16.0. The average molecular weight is 306 g/mol. The molecular formula is C19H30O3. The van der Waals surface area contributed by atoms with Gasteiger partial charge in [0.1, 0.15) is 5.75 Å². The number of aryl methyl sites for hydroxylation is 1. The lowest BCUT2D eigenvalue weighted by Crippen LogP contribution is -2.00. The highest BCUT2D eigenvalue weighted by atomic mass is 16.5. The number of carbonyl (C=O) groups excluding carboxylic acids is 1. The summed E-state index contributed by atoms with van der Waals surface area (Å²) in [7, 11) is 1.43. The average Bonchev–Trinajstić information content (AvgIpc) is 2.55. The van der Waals surface area contributed by atoms with Crippen LogP contribution >= 0.6 is 0 Å². The molecule has 0 unspecified atom stereocenters. The molecule has 0 aliphatic carbocycles. The van der Waals surface area contributed by atoms with Crippen LogP contribution in [0.15, 0.2) is 24.3 Å². The molecule has 0 aliphatic rings. The molecule has 0 atom stereocenters. The lowest BCUT2D eigenvalue weighted by Gasteiger charge is -2.07. The van der Waals surface area contributed by atoms with Gasteiger partial charge in [-0.2, -0.15) is 0 Å². The van der Waals surface area contributed by atoms with Crippen molar-refractivity contribution < 1.29 is 14.3 Å². The molecule has 0 N–H and O–H groups in total. The third-order valence-corrected chi connectivity index (χ3v) is 3.76. The summed E-state index contributed by atoms with van der Waals surface area (Å²) < 4.78 is 10.4. The normalized spacial score (nSPS) is 10.5. The number of hydrogen-bond donors (Lipinski definition) is 0. The molecule has 0 spiro atoms. The monoisotopic (exact) mass is 306 g/mol. The Hall–Kier alpha value is -1.51. The minimum absolute atomic E-state index is 0.140. The highest BCUT2D eigenvalue weighted by molar-refractivity contribution is 5.69. The summed E-state index contributed by atoms with van der Waals surface area (Å²) in [6.07, 6.45) is 9.88. The van der Waals surface area contributed by atoms with Crippen molar-refractivity contribution in [2.24, 2.45) is 0 Å². The number of unbranched alkanes of at least 4 members (excludes halogenated alkanes) is 5. The predicted octanol–water partition coefficient (Wildman–Crippen LogP) is 4.92. The molecule has 0 aliphatic heterocycles. The van der Waals surface area contributed by atoms with Gasteiger partial charge in [-0.15, -0.1) is 0 Å². The van der Waals surface area contributed by atoms with Crippen LogP contribution in [0.3, 0.4) is 0 Å². The van der Waals surface area contributed by atoms with E-state index in [0.29, 0.717) is 6.42 Å². The van der Waals surface area contributed by atoms with E-state index in [9.17, 15) is 4.79 Å². The first-order valence-electron chi connectivity index (χ1n) is 8.54. The standard InChI is InChI=1S/C19H30O3/c1-3-4-5-6-7-8-16-22-18-14-12-17(13-15-18)10-9-11-19(20)21-2/h12-15H,3-11,16H2,1-2H3. The van der Waals surface area contributed by atoms with E-state index in [-0.39, 0.29) is 5.97 Å². The topological polar surface area (TPSA) is 35.5 Å². The summed E-state index contributed by atoms with van der Waals surface area (Å²) in [6.45, 7) is 3.04. The Balaban J connectivity index is 2.12. The second-order valence-corrected chi connectivity index (χ2v) is 5.69. The molecule has 1 aromatic rings. The van der Waals surface area contributed by atoms with E-state index in [2.05, 4.69) is 23.8 Å². The van der Waals surface area contributed by atoms with Crippen LogP contribution in [-0.2, 0) is 16.0 Å². The lowest BCUT2D eigenvalue weighted by atomic mass is 10.1. The third kappa shape index (κ3) is 8.71. The summed E-state index contributed by atoms with van der Waals surface area (Å²) in [5.74, 6) is 0.796. The summed E-state index contributed by atoms with van der Waals surface area (Å²) in [5, 5.41) is 0. The van der Waals surface area contributed by atoms with Gasteiger partial charge in [0.15, 0.2) is 0 Å². The van der Waals surface area contributed by atoms with Gasteiger partial charge in [-0.25, -0.2) is 0 Å². The number of hydrogen-bond acceptors (Lipinski definition) is 3. The number of ether oxygens (including phenoxy) is 2. The molecule has 3 heteroatoms. The van der Waals surface area contributed by atoms with Gasteiger partial charge in [-0.05, 0) is 37.0 Å². The number of esters is 1. The molecule has 0 saturated heterocycles. The van der Waals surface area contributed by atoms with Crippen LogP contribution in [0, 0.1) is 0 Å². The largest absolute Gasteiger partial charge is 0.494 e. The number of methoxy groups -OCH3 is 1. The Bertz CT molecular complexity index is 398. The Kier molecular flexibility index (Phi) is 10.2. The van der Waals surface area contributed by atoms with E-state index in [0.717, 1.165) is 31.6 Å². The van der Waals surface area contributed by atoms with E-state index in [4.69, 9.17) is 4.74 Å². The van der Waals surface area contributed by atoms with E-state index >= 15 is 0 Å². The highest BCUT2D eigenvalue weighted by Gasteiger charge is 2.01. The van der Waals surface area contributed by atoms with Crippen molar-refractivity contribution in [3.05, 3.63) is 29.8 Å². The molecule has 0 bridgehead atoms. The first-order valence-corrected chi connectivity index (χ1v) is 8.54. The van der Waals surface area contributed by atoms with Crippen LogP contribution in [0.1, 0.15) is 63.9 Å². The van der Waals surface area contributed by atoms with E-state index in [1.165, 1.54) is 44.8 Å². The SMILES string of the molecule is CCCCCCCCOc1ccc(CCCC(=O)OC)cc1. The highest BCUT2D eigenvalue weighted by Crippen LogP contribution is 2.15. The maximum Gasteiger partial charge on any atom is 0.305 e. The van der Waals surface area contributed by atoms with Crippen LogP contribution in [0.2, 0.25) is 0 Å². The van der Waals surface area contributed by atoms with Gasteiger partial charge in [0.2, 0.25) is 0 Å². The minimum atomic E-state index is -0.140. The van der Waals surface area contributed by atoms with Crippen LogP contribution in [0.4, 0.5) is 0 Å². The summed E-state index contributed by atoms with van der Waals surface area (Å²) in [4.78, 5) is 11.0. The lowest BCUT2D eigenvalue weighted by molar-refractivity contribution is -0.140. The molecule has 124 valence electrons. The van der Waals surface area contributed by atoms with Crippen molar-refractivity contribution in [2.75, 3.05) is 13.7 Å². The van der Waals surface area contributed by atoms with Crippen LogP contribution in [0.25, 0.3) is 0 Å².